The third-order valence-electron chi connectivity index (χ3n) is 3.74. The summed E-state index contributed by atoms with van der Waals surface area (Å²) < 4.78 is 15.6. The van der Waals surface area contributed by atoms with Crippen LogP contribution >= 0.6 is 27.7 Å². The van der Waals surface area contributed by atoms with Crippen LogP contribution in [0, 0.1) is 5.82 Å². The molecule has 2 aromatic heterocycles. The summed E-state index contributed by atoms with van der Waals surface area (Å²) in [6.07, 6.45) is 1.39. The van der Waals surface area contributed by atoms with Crippen LogP contribution in [-0.2, 0) is 4.79 Å². The molecule has 0 aliphatic heterocycles. The second-order valence-electron chi connectivity index (χ2n) is 5.67. The van der Waals surface area contributed by atoms with E-state index in [2.05, 4.69) is 41.5 Å². The van der Waals surface area contributed by atoms with Crippen molar-refractivity contribution in [2.45, 2.75) is 5.03 Å². The van der Waals surface area contributed by atoms with Gasteiger partial charge in [0.15, 0.2) is 11.2 Å². The molecule has 0 saturated heterocycles. The summed E-state index contributed by atoms with van der Waals surface area (Å²) in [4.78, 5) is 20.6. The Morgan fingerprint density at radius 3 is 2.61 bits per heavy atom. The molecule has 1 N–H and O–H groups in total. The summed E-state index contributed by atoms with van der Waals surface area (Å²) in [6.45, 7) is 0. The smallest absolute Gasteiger partial charge is 0.234 e. The summed E-state index contributed by atoms with van der Waals surface area (Å²) in [7, 11) is 0. The van der Waals surface area contributed by atoms with E-state index in [1.54, 1.807) is 12.1 Å². The van der Waals surface area contributed by atoms with Crippen LogP contribution < -0.4 is 5.32 Å². The van der Waals surface area contributed by atoms with Crippen LogP contribution in [-0.4, -0.2) is 36.6 Å². The van der Waals surface area contributed by atoms with Crippen molar-refractivity contribution < 1.29 is 9.18 Å². The summed E-state index contributed by atoms with van der Waals surface area (Å²) in [6, 6.07) is 13.2. The lowest BCUT2D eigenvalue weighted by Crippen LogP contribution is -2.14. The van der Waals surface area contributed by atoms with Crippen molar-refractivity contribution in [1.29, 1.82) is 0 Å². The molecule has 0 saturated carbocycles. The highest BCUT2D eigenvalue weighted by molar-refractivity contribution is 9.10. The van der Waals surface area contributed by atoms with Gasteiger partial charge in [-0.1, -0.05) is 32.9 Å². The molecular formula is C18H12BrFN6OS. The number of nitrogens with zero attached hydrogens (tertiary/aromatic N) is 5. The SMILES string of the molecule is O=C(CSc1ncnc2c1nnn2-c1ccc(F)cc1)Nc1ccc(Br)cc1. The van der Waals surface area contributed by atoms with E-state index in [0.29, 0.717) is 27.6 Å². The van der Waals surface area contributed by atoms with Crippen LogP contribution in [0.5, 0.6) is 0 Å². The molecule has 7 nitrogen and oxygen atoms in total. The Morgan fingerprint density at radius 2 is 1.86 bits per heavy atom. The summed E-state index contributed by atoms with van der Waals surface area (Å²) in [5, 5.41) is 11.6. The Bertz CT molecular complexity index is 1130. The molecule has 1 amide bonds. The van der Waals surface area contributed by atoms with E-state index in [0.717, 1.165) is 4.47 Å². The van der Waals surface area contributed by atoms with Gasteiger partial charge >= 0.3 is 0 Å². The molecule has 140 valence electrons. The molecular weight excluding hydrogens is 447 g/mol. The Balaban J connectivity index is 1.50. The highest BCUT2D eigenvalue weighted by atomic mass is 79.9. The number of nitrogens with one attached hydrogen (secondary N) is 1. The average molecular weight is 459 g/mol. The zero-order valence-corrected chi connectivity index (χ0v) is 16.6. The van der Waals surface area contributed by atoms with Crippen molar-refractivity contribution in [3.05, 3.63) is 65.1 Å². The number of rotatable bonds is 5. The Hall–Kier alpha value is -2.85. The quantitative estimate of drug-likeness (QED) is 0.361. The first-order valence-electron chi connectivity index (χ1n) is 8.11. The largest absolute Gasteiger partial charge is 0.325 e. The van der Waals surface area contributed by atoms with E-state index in [1.807, 2.05) is 24.3 Å². The molecule has 0 aliphatic carbocycles. The van der Waals surface area contributed by atoms with Gasteiger partial charge in [0.05, 0.1) is 11.4 Å². The van der Waals surface area contributed by atoms with Crippen molar-refractivity contribution in [3.63, 3.8) is 0 Å². The normalized spacial score (nSPS) is 10.9. The first-order valence-corrected chi connectivity index (χ1v) is 9.88. The Morgan fingerprint density at radius 1 is 1.11 bits per heavy atom. The lowest BCUT2D eigenvalue weighted by molar-refractivity contribution is -0.113. The van der Waals surface area contributed by atoms with Gasteiger partial charge in [-0.15, -0.1) is 5.10 Å². The fourth-order valence-corrected chi connectivity index (χ4v) is 3.45. The lowest BCUT2D eigenvalue weighted by atomic mass is 10.3. The fraction of sp³-hybridized carbons (Fsp3) is 0.0556. The standard InChI is InChI=1S/C18H12BrFN6OS/c19-11-1-5-13(6-2-11)23-15(27)9-28-18-16-17(21-10-22-18)26(25-24-16)14-7-3-12(20)4-8-14/h1-8,10H,9H2,(H,23,27). The Kier molecular flexibility index (Phi) is 5.31. The van der Waals surface area contributed by atoms with Gasteiger partial charge in [-0.05, 0) is 48.5 Å². The number of benzene rings is 2. The molecule has 0 fully saturated rings. The fourth-order valence-electron chi connectivity index (χ4n) is 2.45. The van der Waals surface area contributed by atoms with Crippen molar-refractivity contribution >= 4 is 50.5 Å². The zero-order valence-electron chi connectivity index (χ0n) is 14.2. The summed E-state index contributed by atoms with van der Waals surface area (Å²) in [5.41, 5.74) is 2.31. The van der Waals surface area contributed by atoms with Crippen molar-refractivity contribution in [2.24, 2.45) is 0 Å². The molecule has 0 aliphatic rings. The second-order valence-corrected chi connectivity index (χ2v) is 7.55. The van der Waals surface area contributed by atoms with Gasteiger partial charge in [0.25, 0.3) is 0 Å². The molecule has 0 atom stereocenters. The molecule has 28 heavy (non-hydrogen) atoms. The van der Waals surface area contributed by atoms with Gasteiger partial charge in [0.1, 0.15) is 17.2 Å². The maximum absolute atomic E-state index is 13.1. The monoisotopic (exact) mass is 458 g/mol. The van der Waals surface area contributed by atoms with Crippen LogP contribution in [0.3, 0.4) is 0 Å². The Labute approximate surface area is 171 Å². The molecule has 0 unspecified atom stereocenters. The van der Waals surface area contributed by atoms with Crippen molar-refractivity contribution in [3.8, 4) is 5.69 Å². The number of carbonyl (C=O) groups excluding carboxylic acids is 1. The number of fused-ring (bicyclic) bond motifs is 1. The third-order valence-corrected chi connectivity index (χ3v) is 5.25. The van der Waals surface area contributed by atoms with Crippen LogP contribution in [0.4, 0.5) is 10.1 Å². The maximum Gasteiger partial charge on any atom is 0.234 e. The number of carbonyl (C=O) groups is 1. The third kappa shape index (κ3) is 4.02. The van der Waals surface area contributed by atoms with E-state index in [4.69, 9.17) is 0 Å². The van der Waals surface area contributed by atoms with Gasteiger partial charge in [0.2, 0.25) is 5.91 Å². The van der Waals surface area contributed by atoms with E-state index in [1.165, 1.54) is 34.9 Å². The summed E-state index contributed by atoms with van der Waals surface area (Å²) in [5.74, 6) is -0.341. The van der Waals surface area contributed by atoms with E-state index >= 15 is 0 Å². The highest BCUT2D eigenvalue weighted by Gasteiger charge is 2.15. The van der Waals surface area contributed by atoms with Crippen molar-refractivity contribution in [1.82, 2.24) is 25.0 Å². The van der Waals surface area contributed by atoms with Gasteiger partial charge < -0.3 is 5.32 Å². The molecule has 4 rings (SSSR count). The molecule has 0 radical (unpaired) electrons. The van der Waals surface area contributed by atoms with Gasteiger partial charge in [0, 0.05) is 10.2 Å². The van der Waals surface area contributed by atoms with E-state index in [9.17, 15) is 9.18 Å². The maximum atomic E-state index is 13.1. The molecule has 0 bridgehead atoms. The predicted octanol–water partition coefficient (Wildman–Crippen LogP) is 3.84. The number of halogens is 2. The topological polar surface area (TPSA) is 85.6 Å². The van der Waals surface area contributed by atoms with Crippen LogP contribution in [0.15, 0.2) is 64.4 Å². The summed E-state index contributed by atoms with van der Waals surface area (Å²) >= 11 is 4.60. The van der Waals surface area contributed by atoms with Crippen LogP contribution in [0.1, 0.15) is 0 Å². The van der Waals surface area contributed by atoms with E-state index < -0.39 is 0 Å². The minimum atomic E-state index is -0.337. The molecule has 10 heteroatoms. The van der Waals surface area contributed by atoms with Crippen molar-refractivity contribution in [2.75, 3.05) is 11.1 Å². The first kappa shape index (κ1) is 18.5. The lowest BCUT2D eigenvalue weighted by Gasteiger charge is -2.05. The molecule has 0 spiro atoms. The van der Waals surface area contributed by atoms with Gasteiger partial charge in [-0.25, -0.2) is 14.4 Å². The molecule has 2 heterocycles. The minimum absolute atomic E-state index is 0.158. The van der Waals surface area contributed by atoms with Gasteiger partial charge in [-0.2, -0.15) is 4.68 Å². The number of amides is 1. The van der Waals surface area contributed by atoms with Crippen LogP contribution in [0.2, 0.25) is 0 Å². The van der Waals surface area contributed by atoms with Gasteiger partial charge in [-0.3, -0.25) is 4.79 Å². The molecule has 2 aromatic carbocycles. The van der Waals surface area contributed by atoms with Crippen LogP contribution in [0.25, 0.3) is 16.9 Å². The second kappa shape index (κ2) is 8.03. The number of hydrogen-bond acceptors (Lipinski definition) is 6. The average Bonchev–Trinajstić information content (AvgIpc) is 3.13. The predicted molar refractivity (Wildman–Crippen MR) is 108 cm³/mol. The number of aromatic nitrogens is 5. The minimum Gasteiger partial charge on any atom is -0.325 e. The number of hydrogen-bond donors (Lipinski definition) is 1. The highest BCUT2D eigenvalue weighted by Crippen LogP contribution is 2.24. The first-order chi connectivity index (χ1) is 13.6. The van der Waals surface area contributed by atoms with E-state index in [-0.39, 0.29) is 17.5 Å². The zero-order chi connectivity index (χ0) is 19.5. The molecule has 4 aromatic rings. The number of anilines is 1. The number of thioether (sulfide) groups is 1.